The topological polar surface area (TPSA) is 148 Å². The van der Waals surface area contributed by atoms with Crippen molar-refractivity contribution in [3.8, 4) is 5.75 Å². The number of nitro benzene ring substituents is 1. The van der Waals surface area contributed by atoms with Gasteiger partial charge in [0.2, 0.25) is 11.9 Å². The first kappa shape index (κ1) is 21.2. The van der Waals surface area contributed by atoms with Gasteiger partial charge < -0.3 is 25.4 Å². The summed E-state index contributed by atoms with van der Waals surface area (Å²) in [6.07, 6.45) is 1.28. The highest BCUT2D eigenvalue weighted by atomic mass is 31.2. The number of alkyl halides is 1. The SMILES string of the molecule is NCCCCCCNC(=O)C(F)c1ccc(OP(O)O)c([N+](=O)[O-])c1. The van der Waals surface area contributed by atoms with E-state index in [0.29, 0.717) is 19.5 Å². The first-order chi connectivity index (χ1) is 11.9. The summed E-state index contributed by atoms with van der Waals surface area (Å²) in [4.78, 5) is 39.5. The molecular weight excluding hydrogens is 356 g/mol. The summed E-state index contributed by atoms with van der Waals surface area (Å²) >= 11 is 0. The van der Waals surface area contributed by atoms with Crippen molar-refractivity contribution in [3.05, 3.63) is 33.9 Å². The van der Waals surface area contributed by atoms with Gasteiger partial charge in [-0.15, -0.1) is 0 Å². The lowest BCUT2D eigenvalue weighted by molar-refractivity contribution is -0.385. The largest absolute Gasteiger partial charge is 0.420 e. The van der Waals surface area contributed by atoms with Gasteiger partial charge in [-0.1, -0.05) is 18.9 Å². The predicted molar refractivity (Wildman–Crippen MR) is 89.5 cm³/mol. The van der Waals surface area contributed by atoms with E-state index in [4.69, 9.17) is 15.5 Å². The average Bonchev–Trinajstić information content (AvgIpc) is 2.56. The van der Waals surface area contributed by atoms with Gasteiger partial charge in [-0.25, -0.2) is 4.39 Å². The minimum absolute atomic E-state index is 0.222. The normalized spacial score (nSPS) is 12.0. The third-order valence-electron chi connectivity index (χ3n) is 3.31. The molecule has 5 N–H and O–H groups in total. The summed E-state index contributed by atoms with van der Waals surface area (Å²) < 4.78 is 18.7. The van der Waals surface area contributed by atoms with Crippen LogP contribution in [0.15, 0.2) is 18.2 Å². The van der Waals surface area contributed by atoms with E-state index < -0.39 is 37.0 Å². The molecule has 11 heteroatoms. The number of hydrogen-bond acceptors (Lipinski definition) is 7. The maximum absolute atomic E-state index is 14.2. The fraction of sp³-hybridized carbons (Fsp3) is 0.500. The molecule has 0 aliphatic heterocycles. The Balaban J connectivity index is 2.67. The van der Waals surface area contributed by atoms with Crippen molar-refractivity contribution in [3.63, 3.8) is 0 Å². The van der Waals surface area contributed by atoms with E-state index >= 15 is 0 Å². The molecule has 0 spiro atoms. The average molecular weight is 377 g/mol. The van der Waals surface area contributed by atoms with Crippen LogP contribution in [0.1, 0.15) is 37.4 Å². The highest BCUT2D eigenvalue weighted by Crippen LogP contribution is 2.37. The molecule has 1 atom stereocenters. The predicted octanol–water partition coefficient (Wildman–Crippen LogP) is 1.83. The number of rotatable bonds is 11. The molecule has 0 saturated carbocycles. The zero-order valence-electron chi connectivity index (χ0n) is 13.4. The smallest absolute Gasteiger partial charge is 0.391 e. The lowest BCUT2D eigenvalue weighted by atomic mass is 10.1. The lowest BCUT2D eigenvalue weighted by Gasteiger charge is -2.11. The van der Waals surface area contributed by atoms with Crippen LogP contribution < -0.4 is 15.6 Å². The minimum atomic E-state index is -2.86. The Morgan fingerprint density at radius 2 is 2.04 bits per heavy atom. The summed E-state index contributed by atoms with van der Waals surface area (Å²) in [5.41, 5.74) is 4.48. The molecule has 0 bridgehead atoms. The molecule has 1 aromatic rings. The molecule has 0 heterocycles. The maximum atomic E-state index is 14.2. The number of amides is 1. The van der Waals surface area contributed by atoms with Crippen LogP contribution in [-0.4, -0.2) is 33.7 Å². The van der Waals surface area contributed by atoms with E-state index in [1.54, 1.807) is 0 Å². The minimum Gasteiger partial charge on any atom is -0.420 e. The number of hydrogen-bond donors (Lipinski definition) is 4. The van der Waals surface area contributed by atoms with Gasteiger partial charge >= 0.3 is 14.3 Å². The number of carbonyl (C=O) groups excluding carboxylic acids is 1. The van der Waals surface area contributed by atoms with E-state index in [0.717, 1.165) is 37.5 Å². The summed E-state index contributed by atoms with van der Waals surface area (Å²) in [7, 11) is -2.86. The van der Waals surface area contributed by atoms with Gasteiger partial charge in [-0.05, 0) is 25.5 Å². The Labute approximate surface area is 145 Å². The van der Waals surface area contributed by atoms with Crippen LogP contribution in [0.3, 0.4) is 0 Å². The Bertz CT molecular complexity index is 590. The molecule has 140 valence electrons. The molecule has 0 fully saturated rings. The van der Waals surface area contributed by atoms with Gasteiger partial charge in [0.1, 0.15) is 0 Å². The van der Waals surface area contributed by atoms with Crippen molar-refractivity contribution >= 4 is 20.2 Å². The number of nitro groups is 1. The standard InChI is InChI=1S/C14H21FN3O6P/c15-13(14(19)17-8-4-2-1-3-7-16)10-5-6-12(24-25(22)23)11(9-10)18(20)21/h5-6,9,13,22-23H,1-4,7-8,16H2,(H,17,19). The van der Waals surface area contributed by atoms with E-state index in [2.05, 4.69) is 9.84 Å². The van der Waals surface area contributed by atoms with Crippen LogP contribution in [0.25, 0.3) is 0 Å². The highest BCUT2D eigenvalue weighted by Gasteiger charge is 2.25. The Kier molecular flexibility index (Phi) is 9.22. The van der Waals surface area contributed by atoms with Gasteiger partial charge in [0.05, 0.1) is 4.92 Å². The van der Waals surface area contributed by atoms with Gasteiger partial charge in [-0.3, -0.25) is 14.9 Å². The summed E-state index contributed by atoms with van der Waals surface area (Å²) in [5.74, 6) is -1.31. The highest BCUT2D eigenvalue weighted by molar-refractivity contribution is 7.39. The number of nitrogens with two attached hydrogens (primary N) is 1. The molecule has 0 radical (unpaired) electrons. The van der Waals surface area contributed by atoms with Crippen LogP contribution in [-0.2, 0) is 4.79 Å². The number of halogens is 1. The van der Waals surface area contributed by atoms with Crippen molar-refractivity contribution in [2.45, 2.75) is 31.9 Å². The quantitative estimate of drug-likeness (QED) is 0.199. The summed E-state index contributed by atoms with van der Waals surface area (Å²) in [5, 5.41) is 13.4. The Hall–Kier alpha value is -1.87. The van der Waals surface area contributed by atoms with E-state index in [1.807, 2.05) is 0 Å². The summed E-state index contributed by atoms with van der Waals surface area (Å²) in [6, 6.07) is 2.97. The van der Waals surface area contributed by atoms with Crippen LogP contribution in [0, 0.1) is 10.1 Å². The number of carbonyl (C=O) groups is 1. The van der Waals surface area contributed by atoms with E-state index in [1.165, 1.54) is 0 Å². The Morgan fingerprint density at radius 1 is 1.36 bits per heavy atom. The summed E-state index contributed by atoms with van der Waals surface area (Å²) in [6.45, 7) is 0.901. The van der Waals surface area contributed by atoms with Crippen molar-refractivity contribution in [1.29, 1.82) is 0 Å². The number of unbranched alkanes of at least 4 members (excludes halogenated alkanes) is 3. The number of nitrogens with zero attached hydrogens (tertiary/aromatic N) is 1. The van der Waals surface area contributed by atoms with Gasteiger partial charge in [-0.2, -0.15) is 0 Å². The van der Waals surface area contributed by atoms with Crippen LogP contribution in [0.4, 0.5) is 10.1 Å². The molecule has 25 heavy (non-hydrogen) atoms. The monoisotopic (exact) mass is 377 g/mol. The van der Waals surface area contributed by atoms with Gasteiger partial charge in [0.25, 0.3) is 5.91 Å². The second-order valence-corrected chi connectivity index (χ2v) is 5.87. The van der Waals surface area contributed by atoms with Crippen molar-refractivity contribution in [2.75, 3.05) is 13.1 Å². The fourth-order valence-corrected chi connectivity index (χ4v) is 2.41. The molecule has 0 aromatic heterocycles. The second kappa shape index (κ2) is 10.9. The molecule has 1 amide bonds. The molecule has 0 saturated heterocycles. The van der Waals surface area contributed by atoms with Crippen molar-refractivity contribution in [2.24, 2.45) is 5.73 Å². The molecule has 1 rings (SSSR count). The molecule has 0 aliphatic rings. The molecule has 1 unspecified atom stereocenters. The Morgan fingerprint density at radius 3 is 2.64 bits per heavy atom. The number of benzene rings is 1. The molecule has 1 aromatic carbocycles. The van der Waals surface area contributed by atoms with Crippen molar-refractivity contribution in [1.82, 2.24) is 5.32 Å². The zero-order chi connectivity index (χ0) is 18.8. The first-order valence-corrected chi connectivity index (χ1v) is 8.79. The van der Waals surface area contributed by atoms with Crippen LogP contribution in [0.5, 0.6) is 5.75 Å². The molecule has 0 aliphatic carbocycles. The lowest BCUT2D eigenvalue weighted by Crippen LogP contribution is -2.28. The van der Waals surface area contributed by atoms with Crippen LogP contribution >= 0.6 is 8.60 Å². The van der Waals surface area contributed by atoms with Crippen LogP contribution in [0.2, 0.25) is 0 Å². The second-order valence-electron chi connectivity index (χ2n) is 5.18. The third kappa shape index (κ3) is 7.27. The third-order valence-corrected chi connectivity index (χ3v) is 3.67. The maximum Gasteiger partial charge on any atom is 0.391 e. The fourth-order valence-electron chi connectivity index (χ4n) is 2.08. The van der Waals surface area contributed by atoms with Gasteiger partial charge in [0.15, 0.2) is 0 Å². The molecule has 9 nitrogen and oxygen atoms in total. The van der Waals surface area contributed by atoms with Gasteiger partial charge in [0, 0.05) is 18.2 Å². The molecular formula is C14H21FN3O6P. The van der Waals surface area contributed by atoms with Crippen molar-refractivity contribution < 1.29 is 28.4 Å². The van der Waals surface area contributed by atoms with E-state index in [-0.39, 0.29) is 5.56 Å². The van der Waals surface area contributed by atoms with E-state index in [9.17, 15) is 19.3 Å². The number of nitrogens with one attached hydrogen (secondary N) is 1. The zero-order valence-corrected chi connectivity index (χ0v) is 14.3. The first-order valence-electron chi connectivity index (χ1n) is 7.62.